The van der Waals surface area contributed by atoms with Gasteiger partial charge in [0.05, 0.1) is 0 Å². The third kappa shape index (κ3) is 6.49. The Labute approximate surface area is 145 Å². The van der Waals surface area contributed by atoms with Gasteiger partial charge in [-0.1, -0.05) is 30.3 Å². The number of benzene rings is 1. The van der Waals surface area contributed by atoms with Gasteiger partial charge in [-0.3, -0.25) is 0 Å². The van der Waals surface area contributed by atoms with E-state index in [1.807, 2.05) is 0 Å². The van der Waals surface area contributed by atoms with Crippen LogP contribution in [0.5, 0.6) is 0 Å². The predicted molar refractivity (Wildman–Crippen MR) is 100 cm³/mol. The molecule has 0 bridgehead atoms. The second-order valence-electron chi connectivity index (χ2n) is 6.51. The molecule has 1 aliphatic carbocycles. The first-order valence-electron chi connectivity index (χ1n) is 8.47. The number of halogens is 1. The first-order chi connectivity index (χ1) is 10.4. The first-order valence-corrected chi connectivity index (χ1v) is 9.63. The van der Waals surface area contributed by atoms with E-state index in [0.717, 1.165) is 17.7 Å². The van der Waals surface area contributed by atoms with Crippen molar-refractivity contribution < 1.29 is 0 Å². The van der Waals surface area contributed by atoms with E-state index < -0.39 is 0 Å². The fraction of sp³-hybridized carbons (Fsp3) is 0.667. The van der Waals surface area contributed by atoms with Crippen molar-refractivity contribution in [1.82, 2.24) is 10.2 Å². The Morgan fingerprint density at radius 2 is 1.77 bits per heavy atom. The molecule has 4 heteroatoms. The van der Waals surface area contributed by atoms with Crippen LogP contribution in [0.3, 0.4) is 0 Å². The average molecular weight is 341 g/mol. The monoisotopic (exact) mass is 340 g/mol. The Kier molecular flexibility index (Phi) is 8.09. The topological polar surface area (TPSA) is 15.3 Å². The van der Waals surface area contributed by atoms with Crippen LogP contribution >= 0.6 is 24.2 Å². The molecule has 1 aromatic carbocycles. The summed E-state index contributed by atoms with van der Waals surface area (Å²) in [5.74, 6) is 3.42. The van der Waals surface area contributed by atoms with Crippen LogP contribution in [0.25, 0.3) is 0 Å². The maximum Gasteiger partial charge on any atom is 0.0185 e. The van der Waals surface area contributed by atoms with Gasteiger partial charge >= 0.3 is 0 Å². The van der Waals surface area contributed by atoms with Crippen LogP contribution in [0.2, 0.25) is 0 Å². The van der Waals surface area contributed by atoms with Crippen molar-refractivity contribution in [2.75, 3.05) is 31.9 Å². The minimum absolute atomic E-state index is 0. The van der Waals surface area contributed by atoms with Gasteiger partial charge < -0.3 is 10.2 Å². The van der Waals surface area contributed by atoms with Crippen molar-refractivity contribution in [2.45, 2.75) is 37.5 Å². The van der Waals surface area contributed by atoms with Gasteiger partial charge in [-0.25, -0.2) is 0 Å². The zero-order chi connectivity index (χ0) is 14.3. The molecule has 22 heavy (non-hydrogen) atoms. The molecule has 0 radical (unpaired) electrons. The van der Waals surface area contributed by atoms with Crippen LogP contribution in [0.4, 0.5) is 0 Å². The van der Waals surface area contributed by atoms with Crippen molar-refractivity contribution in [2.24, 2.45) is 5.92 Å². The highest BCUT2D eigenvalue weighted by Crippen LogP contribution is 2.28. The van der Waals surface area contributed by atoms with E-state index >= 15 is 0 Å². The van der Waals surface area contributed by atoms with Crippen LogP contribution in [-0.2, 0) is 5.75 Å². The zero-order valence-electron chi connectivity index (χ0n) is 13.4. The summed E-state index contributed by atoms with van der Waals surface area (Å²) < 4.78 is 0. The van der Waals surface area contributed by atoms with E-state index in [2.05, 4.69) is 52.3 Å². The van der Waals surface area contributed by atoms with Gasteiger partial charge in [0.2, 0.25) is 0 Å². The van der Waals surface area contributed by atoms with Gasteiger partial charge in [-0.15, -0.1) is 12.4 Å². The number of rotatable bonds is 8. The molecule has 1 heterocycles. The van der Waals surface area contributed by atoms with Crippen LogP contribution in [0.15, 0.2) is 30.3 Å². The van der Waals surface area contributed by atoms with Gasteiger partial charge in [0.25, 0.3) is 0 Å². The summed E-state index contributed by atoms with van der Waals surface area (Å²) in [6, 6.07) is 11.6. The fourth-order valence-corrected chi connectivity index (χ4v) is 3.93. The van der Waals surface area contributed by atoms with E-state index in [4.69, 9.17) is 0 Å². The van der Waals surface area contributed by atoms with Crippen molar-refractivity contribution in [3.63, 3.8) is 0 Å². The Morgan fingerprint density at radius 1 is 1.05 bits per heavy atom. The molecule has 0 amide bonds. The molecule has 0 spiro atoms. The number of thioether (sulfide) groups is 1. The Balaban J connectivity index is 0.00000176. The highest BCUT2D eigenvalue weighted by Gasteiger charge is 2.24. The van der Waals surface area contributed by atoms with Gasteiger partial charge in [-0.2, -0.15) is 11.8 Å². The number of piperidine rings is 1. The summed E-state index contributed by atoms with van der Waals surface area (Å²) in [4.78, 5) is 2.65. The molecule has 1 saturated carbocycles. The summed E-state index contributed by atoms with van der Waals surface area (Å²) in [5, 5.41) is 3.76. The van der Waals surface area contributed by atoms with Crippen LogP contribution in [0, 0.1) is 5.92 Å². The summed E-state index contributed by atoms with van der Waals surface area (Å²) in [6.45, 7) is 5.10. The first kappa shape index (κ1) is 18.1. The van der Waals surface area contributed by atoms with E-state index in [1.165, 1.54) is 63.2 Å². The summed E-state index contributed by atoms with van der Waals surface area (Å²) in [5.41, 5.74) is 1.45. The third-order valence-electron chi connectivity index (χ3n) is 4.64. The number of nitrogens with one attached hydrogen (secondary N) is 1. The normalized spacial score (nSPS) is 19.8. The molecule has 1 N–H and O–H groups in total. The molecule has 3 rings (SSSR count). The van der Waals surface area contributed by atoms with E-state index in [0.29, 0.717) is 0 Å². The summed E-state index contributed by atoms with van der Waals surface area (Å²) in [7, 11) is 0. The SMILES string of the molecule is Cl.c1ccc(CSCCN2CCC(NCC3CC3)CC2)cc1. The molecule has 0 aromatic heterocycles. The molecule has 2 aliphatic rings. The second-order valence-corrected chi connectivity index (χ2v) is 7.61. The summed E-state index contributed by atoms with van der Waals surface area (Å²) in [6.07, 6.45) is 5.61. The Morgan fingerprint density at radius 3 is 2.45 bits per heavy atom. The quantitative estimate of drug-likeness (QED) is 0.724. The molecule has 124 valence electrons. The standard InChI is InChI=1S/C18H28N2S.ClH/c1-2-4-17(5-3-1)15-21-13-12-20-10-8-18(9-11-20)19-14-16-6-7-16;/h1-5,16,18-19H,6-15H2;1H. The molecule has 0 unspecified atom stereocenters. The van der Waals surface area contributed by atoms with Crippen LogP contribution in [-0.4, -0.2) is 42.9 Å². The lowest BCUT2D eigenvalue weighted by Crippen LogP contribution is -2.43. The van der Waals surface area contributed by atoms with Crippen molar-refractivity contribution in [3.8, 4) is 0 Å². The zero-order valence-corrected chi connectivity index (χ0v) is 15.0. The van der Waals surface area contributed by atoms with E-state index in [1.54, 1.807) is 0 Å². The average Bonchev–Trinajstić information content (AvgIpc) is 3.36. The number of likely N-dealkylation sites (tertiary alicyclic amines) is 1. The van der Waals surface area contributed by atoms with Gasteiger partial charge in [0, 0.05) is 24.1 Å². The molecule has 1 saturated heterocycles. The van der Waals surface area contributed by atoms with Crippen molar-refractivity contribution in [1.29, 1.82) is 0 Å². The molecule has 2 fully saturated rings. The summed E-state index contributed by atoms with van der Waals surface area (Å²) >= 11 is 2.07. The minimum Gasteiger partial charge on any atom is -0.314 e. The predicted octanol–water partition coefficient (Wildman–Crippen LogP) is 3.81. The largest absolute Gasteiger partial charge is 0.314 e. The van der Waals surface area contributed by atoms with Gasteiger partial charge in [0.15, 0.2) is 0 Å². The number of hydrogen-bond acceptors (Lipinski definition) is 3. The fourth-order valence-electron chi connectivity index (χ4n) is 2.97. The second kappa shape index (κ2) is 9.82. The molecule has 0 atom stereocenters. The third-order valence-corrected chi connectivity index (χ3v) is 5.65. The lowest BCUT2D eigenvalue weighted by atomic mass is 10.1. The molecular weight excluding hydrogens is 312 g/mol. The van der Waals surface area contributed by atoms with Gasteiger partial charge in [0.1, 0.15) is 0 Å². The molecule has 1 aliphatic heterocycles. The van der Waals surface area contributed by atoms with Gasteiger partial charge in [-0.05, 0) is 56.8 Å². The Hall–Kier alpha value is -0.220. The number of nitrogens with zero attached hydrogens (tertiary/aromatic N) is 1. The highest BCUT2D eigenvalue weighted by atomic mass is 35.5. The number of hydrogen-bond donors (Lipinski definition) is 1. The maximum absolute atomic E-state index is 3.76. The Bertz CT molecular complexity index is 403. The maximum atomic E-state index is 3.76. The molecule has 2 nitrogen and oxygen atoms in total. The minimum atomic E-state index is 0. The van der Waals surface area contributed by atoms with Crippen LogP contribution < -0.4 is 5.32 Å². The molecule has 1 aromatic rings. The smallest absolute Gasteiger partial charge is 0.0185 e. The van der Waals surface area contributed by atoms with E-state index in [-0.39, 0.29) is 12.4 Å². The van der Waals surface area contributed by atoms with Crippen molar-refractivity contribution >= 4 is 24.2 Å². The van der Waals surface area contributed by atoms with Crippen LogP contribution in [0.1, 0.15) is 31.2 Å². The van der Waals surface area contributed by atoms with E-state index in [9.17, 15) is 0 Å². The lowest BCUT2D eigenvalue weighted by molar-refractivity contribution is 0.207. The van der Waals surface area contributed by atoms with Crippen molar-refractivity contribution in [3.05, 3.63) is 35.9 Å². The lowest BCUT2D eigenvalue weighted by Gasteiger charge is -2.32. The highest BCUT2D eigenvalue weighted by molar-refractivity contribution is 7.98. The molecular formula is C18H29ClN2S.